The molecule has 9 nitrogen and oxygen atoms in total. The smallest absolute Gasteiger partial charge is 0.253 e. The van der Waals surface area contributed by atoms with E-state index in [4.69, 9.17) is 0 Å². The van der Waals surface area contributed by atoms with Crippen LogP contribution in [0.5, 0.6) is 0 Å². The third-order valence-electron chi connectivity index (χ3n) is 7.73. The Bertz CT molecular complexity index is 1420. The molecule has 2 heterocycles. The van der Waals surface area contributed by atoms with Gasteiger partial charge in [0.05, 0.1) is 12.3 Å². The molecule has 1 saturated carbocycles. The standard InChI is InChI=1S/C31H39N5O4/c1-18-11-19(2)35-31(40)28(18)16-34-30(39)27-12-24(23-7-10-26(17-37)32-15-23)13-29(20(27)3)33-14-22-5-8-25(9-6-22)36-21(4)38/h7,10-13,15,22,25,33,37H,5-6,8-9,14,16-17H2,1-4H3,(H,34,39)(H,35,40)(H,36,38). The Kier molecular flexibility index (Phi) is 9.37. The maximum absolute atomic E-state index is 13.5. The van der Waals surface area contributed by atoms with Crippen LogP contribution in [-0.4, -0.2) is 39.5 Å². The molecule has 0 spiro atoms. The Hall–Kier alpha value is -3.98. The second-order valence-corrected chi connectivity index (χ2v) is 10.8. The Labute approximate surface area is 234 Å². The first-order valence-corrected chi connectivity index (χ1v) is 13.8. The van der Waals surface area contributed by atoms with Gasteiger partial charge in [-0.2, -0.15) is 0 Å². The molecule has 9 heteroatoms. The molecule has 1 aliphatic rings. The number of carbonyl (C=O) groups excluding carboxylic acids is 2. The van der Waals surface area contributed by atoms with E-state index in [0.717, 1.165) is 65.9 Å². The van der Waals surface area contributed by atoms with E-state index in [9.17, 15) is 19.5 Å². The van der Waals surface area contributed by atoms with Crippen LogP contribution in [0.1, 0.15) is 71.0 Å². The molecule has 212 valence electrons. The molecule has 4 rings (SSSR count). The summed E-state index contributed by atoms with van der Waals surface area (Å²) >= 11 is 0. The maximum Gasteiger partial charge on any atom is 0.253 e. The minimum Gasteiger partial charge on any atom is -0.390 e. The summed E-state index contributed by atoms with van der Waals surface area (Å²) in [5.74, 6) is 0.216. The number of aliphatic hydroxyl groups excluding tert-OH is 1. The number of H-pyrrole nitrogens is 1. The molecule has 5 N–H and O–H groups in total. The van der Waals surface area contributed by atoms with Crippen molar-refractivity contribution < 1.29 is 14.7 Å². The van der Waals surface area contributed by atoms with E-state index in [-0.39, 0.29) is 36.6 Å². The number of carbonyl (C=O) groups is 2. The number of rotatable bonds is 9. The summed E-state index contributed by atoms with van der Waals surface area (Å²) in [7, 11) is 0. The summed E-state index contributed by atoms with van der Waals surface area (Å²) in [6, 6.07) is 9.65. The van der Waals surface area contributed by atoms with Gasteiger partial charge in [-0.3, -0.25) is 19.4 Å². The van der Waals surface area contributed by atoms with Crippen LogP contribution in [0, 0.1) is 26.7 Å². The first kappa shape index (κ1) is 29.0. The number of amides is 2. The normalized spacial score (nSPS) is 16.8. The quantitative estimate of drug-likeness (QED) is 0.277. The molecule has 0 atom stereocenters. The van der Waals surface area contributed by atoms with Crippen LogP contribution in [0.2, 0.25) is 0 Å². The molecule has 1 fully saturated rings. The second-order valence-electron chi connectivity index (χ2n) is 10.8. The van der Waals surface area contributed by atoms with E-state index in [1.165, 1.54) is 0 Å². The maximum atomic E-state index is 13.5. The molecule has 40 heavy (non-hydrogen) atoms. The Morgan fingerprint density at radius 3 is 2.42 bits per heavy atom. The van der Waals surface area contributed by atoms with Crippen LogP contribution in [0.3, 0.4) is 0 Å². The molecule has 2 amide bonds. The summed E-state index contributed by atoms with van der Waals surface area (Å²) in [6.45, 7) is 7.92. The van der Waals surface area contributed by atoms with Crippen molar-refractivity contribution in [1.82, 2.24) is 20.6 Å². The lowest BCUT2D eigenvalue weighted by molar-refractivity contribution is -0.119. The van der Waals surface area contributed by atoms with Crippen molar-refractivity contribution in [3.8, 4) is 11.1 Å². The van der Waals surface area contributed by atoms with Gasteiger partial charge in [0.1, 0.15) is 0 Å². The van der Waals surface area contributed by atoms with Gasteiger partial charge in [0, 0.05) is 60.3 Å². The molecule has 0 unspecified atom stereocenters. The zero-order valence-corrected chi connectivity index (χ0v) is 23.7. The molecule has 0 bridgehead atoms. The van der Waals surface area contributed by atoms with E-state index in [0.29, 0.717) is 22.7 Å². The number of benzene rings is 1. The molecule has 1 aromatic carbocycles. The van der Waals surface area contributed by atoms with Gasteiger partial charge in [-0.15, -0.1) is 0 Å². The fourth-order valence-corrected chi connectivity index (χ4v) is 5.41. The lowest BCUT2D eigenvalue weighted by Crippen LogP contribution is -2.37. The van der Waals surface area contributed by atoms with Crippen LogP contribution in [-0.2, 0) is 17.9 Å². The molecule has 0 aliphatic heterocycles. The van der Waals surface area contributed by atoms with Crippen LogP contribution in [0.4, 0.5) is 5.69 Å². The Balaban J connectivity index is 1.56. The van der Waals surface area contributed by atoms with Gasteiger partial charge in [0.2, 0.25) is 5.91 Å². The van der Waals surface area contributed by atoms with Crippen molar-refractivity contribution in [2.24, 2.45) is 5.92 Å². The summed E-state index contributed by atoms with van der Waals surface area (Å²) in [4.78, 5) is 44.4. The van der Waals surface area contributed by atoms with Crippen molar-refractivity contribution >= 4 is 17.5 Å². The average molecular weight is 546 g/mol. The Morgan fingerprint density at radius 2 is 1.80 bits per heavy atom. The van der Waals surface area contributed by atoms with Gasteiger partial charge in [0.25, 0.3) is 11.5 Å². The third-order valence-corrected chi connectivity index (χ3v) is 7.73. The largest absolute Gasteiger partial charge is 0.390 e. The average Bonchev–Trinajstić information content (AvgIpc) is 2.92. The molecular weight excluding hydrogens is 506 g/mol. The molecule has 0 saturated heterocycles. The molecule has 2 aromatic heterocycles. The highest BCUT2D eigenvalue weighted by atomic mass is 16.3. The number of nitrogens with one attached hydrogen (secondary N) is 4. The van der Waals surface area contributed by atoms with E-state index in [2.05, 4.69) is 25.9 Å². The topological polar surface area (TPSA) is 136 Å². The van der Waals surface area contributed by atoms with E-state index < -0.39 is 0 Å². The highest BCUT2D eigenvalue weighted by Gasteiger charge is 2.22. The number of anilines is 1. The minimum atomic E-state index is -0.266. The van der Waals surface area contributed by atoms with Crippen LogP contribution in [0.25, 0.3) is 11.1 Å². The van der Waals surface area contributed by atoms with Crippen LogP contribution < -0.4 is 21.5 Å². The number of hydrogen-bond donors (Lipinski definition) is 5. The second kappa shape index (κ2) is 12.9. The van der Waals surface area contributed by atoms with Gasteiger partial charge in [0.15, 0.2) is 0 Å². The minimum absolute atomic E-state index is 0.0171. The lowest BCUT2D eigenvalue weighted by Gasteiger charge is -2.29. The van der Waals surface area contributed by atoms with Crippen LogP contribution >= 0.6 is 0 Å². The van der Waals surface area contributed by atoms with E-state index in [1.807, 2.05) is 45.0 Å². The molecule has 3 aromatic rings. The fourth-order valence-electron chi connectivity index (χ4n) is 5.41. The van der Waals surface area contributed by atoms with Crippen molar-refractivity contribution in [3.05, 3.63) is 80.5 Å². The lowest BCUT2D eigenvalue weighted by atomic mass is 9.86. The highest BCUT2D eigenvalue weighted by molar-refractivity contribution is 5.98. The number of pyridine rings is 2. The van der Waals surface area contributed by atoms with Crippen molar-refractivity contribution in [2.75, 3.05) is 11.9 Å². The molecule has 1 aliphatic carbocycles. The number of aromatic nitrogens is 2. The number of aliphatic hydroxyl groups is 1. The number of hydrogen-bond acceptors (Lipinski definition) is 6. The van der Waals surface area contributed by atoms with E-state index in [1.54, 1.807) is 19.2 Å². The zero-order valence-electron chi connectivity index (χ0n) is 23.7. The Morgan fingerprint density at radius 1 is 1.05 bits per heavy atom. The molecular formula is C31H39N5O4. The van der Waals surface area contributed by atoms with Crippen molar-refractivity contribution in [2.45, 2.75) is 72.6 Å². The van der Waals surface area contributed by atoms with E-state index >= 15 is 0 Å². The first-order chi connectivity index (χ1) is 19.1. The fraction of sp³-hybridized carbons (Fsp3) is 0.419. The van der Waals surface area contributed by atoms with Crippen molar-refractivity contribution in [3.63, 3.8) is 0 Å². The van der Waals surface area contributed by atoms with Gasteiger partial charge in [-0.05, 0) is 93.3 Å². The summed E-state index contributed by atoms with van der Waals surface area (Å²) < 4.78 is 0. The third kappa shape index (κ3) is 7.15. The number of aromatic amines is 1. The highest BCUT2D eigenvalue weighted by Crippen LogP contribution is 2.31. The first-order valence-electron chi connectivity index (χ1n) is 13.8. The molecule has 0 radical (unpaired) electrons. The van der Waals surface area contributed by atoms with Gasteiger partial charge < -0.3 is 26.0 Å². The summed E-state index contributed by atoms with van der Waals surface area (Å²) in [5, 5.41) is 18.9. The van der Waals surface area contributed by atoms with Gasteiger partial charge in [-0.1, -0.05) is 6.07 Å². The van der Waals surface area contributed by atoms with Crippen LogP contribution in [0.15, 0.2) is 41.3 Å². The van der Waals surface area contributed by atoms with Gasteiger partial charge in [-0.25, -0.2) is 0 Å². The SMILES string of the molecule is CC(=O)NC1CCC(CNc2cc(-c3ccc(CO)nc3)cc(C(=O)NCc3c(C)cc(C)[nH]c3=O)c2C)CC1. The summed E-state index contributed by atoms with van der Waals surface area (Å²) in [6.07, 6.45) is 5.64. The number of nitrogens with zero attached hydrogens (tertiary/aromatic N) is 1. The number of aryl methyl sites for hydroxylation is 2. The monoisotopic (exact) mass is 545 g/mol. The van der Waals surface area contributed by atoms with Crippen molar-refractivity contribution in [1.29, 1.82) is 0 Å². The van der Waals surface area contributed by atoms with Gasteiger partial charge >= 0.3 is 0 Å². The summed E-state index contributed by atoms with van der Waals surface area (Å²) in [5.41, 5.74) is 6.37. The zero-order chi connectivity index (χ0) is 28.8. The predicted octanol–water partition coefficient (Wildman–Crippen LogP) is 3.89. The predicted molar refractivity (Wildman–Crippen MR) is 156 cm³/mol.